The second-order valence-electron chi connectivity index (χ2n) is 4.46. The number of methoxy groups -OCH3 is 1. The van der Waals surface area contributed by atoms with E-state index in [1.54, 1.807) is 5.32 Å². The molecule has 3 N–H and O–H groups in total. The zero-order valence-electron chi connectivity index (χ0n) is 12.3. The fourth-order valence-electron chi connectivity index (χ4n) is 1.76. The van der Waals surface area contributed by atoms with E-state index in [0.29, 0.717) is 0 Å². The van der Waals surface area contributed by atoms with Crippen LogP contribution in [-0.2, 0) is 9.53 Å². The molecule has 0 fully saturated rings. The van der Waals surface area contributed by atoms with Crippen LogP contribution in [-0.4, -0.2) is 38.5 Å². The maximum Gasteiger partial charge on any atom is 0.413 e. The number of hydrogen-bond acceptors (Lipinski definition) is 4. The van der Waals surface area contributed by atoms with Gasteiger partial charge in [-0.25, -0.2) is 0 Å². The third-order valence-electron chi connectivity index (χ3n) is 2.74. The maximum atomic E-state index is 13.2. The number of para-hydroxylation sites is 1. The molecule has 1 amide bonds. The SMILES string of the molecule is COCC(N)C(=O)NC(c1ccccc1OC(F)F)C(F)(F)F.Cl. The topological polar surface area (TPSA) is 73.6 Å². The van der Waals surface area contributed by atoms with Crippen LogP contribution in [0.3, 0.4) is 0 Å². The van der Waals surface area contributed by atoms with Crippen LogP contribution in [0, 0.1) is 0 Å². The lowest BCUT2D eigenvalue weighted by atomic mass is 10.0. The summed E-state index contributed by atoms with van der Waals surface area (Å²) in [5, 5.41) is 1.68. The third-order valence-corrected chi connectivity index (χ3v) is 2.74. The average molecular weight is 379 g/mol. The van der Waals surface area contributed by atoms with Crippen LogP contribution in [0.15, 0.2) is 24.3 Å². The number of ether oxygens (including phenoxy) is 2. The first-order valence-corrected chi connectivity index (χ1v) is 6.32. The minimum atomic E-state index is -4.94. The van der Waals surface area contributed by atoms with Crippen LogP contribution < -0.4 is 15.8 Å². The Morgan fingerprint density at radius 3 is 2.38 bits per heavy atom. The van der Waals surface area contributed by atoms with E-state index in [2.05, 4.69) is 9.47 Å². The Hall–Kier alpha value is -1.65. The van der Waals surface area contributed by atoms with Crippen molar-refractivity contribution in [3.8, 4) is 5.75 Å². The summed E-state index contributed by atoms with van der Waals surface area (Å²) in [5.41, 5.74) is 4.71. The number of alkyl halides is 5. The molecular weight excluding hydrogens is 363 g/mol. The van der Waals surface area contributed by atoms with Crippen molar-refractivity contribution >= 4 is 18.3 Å². The van der Waals surface area contributed by atoms with Gasteiger partial charge in [-0.2, -0.15) is 22.0 Å². The van der Waals surface area contributed by atoms with Crippen LogP contribution in [0.25, 0.3) is 0 Å². The lowest BCUT2D eigenvalue weighted by Gasteiger charge is -2.25. The first-order valence-electron chi connectivity index (χ1n) is 6.32. The molecule has 2 atom stereocenters. The van der Waals surface area contributed by atoms with Gasteiger partial charge in [0.2, 0.25) is 5.91 Å². The number of carbonyl (C=O) groups is 1. The van der Waals surface area contributed by atoms with E-state index in [-0.39, 0.29) is 19.0 Å². The molecule has 1 aromatic rings. The second kappa shape index (κ2) is 9.60. The molecule has 0 aromatic heterocycles. The van der Waals surface area contributed by atoms with Crippen LogP contribution in [0.1, 0.15) is 11.6 Å². The first kappa shape index (κ1) is 22.4. The van der Waals surface area contributed by atoms with Gasteiger partial charge in [0.15, 0.2) is 6.04 Å². The highest BCUT2D eigenvalue weighted by Crippen LogP contribution is 2.37. The molecule has 0 saturated carbocycles. The molecule has 0 bridgehead atoms. The van der Waals surface area contributed by atoms with Gasteiger partial charge in [-0.3, -0.25) is 4.79 Å². The summed E-state index contributed by atoms with van der Waals surface area (Å²) in [4.78, 5) is 11.7. The van der Waals surface area contributed by atoms with Crippen molar-refractivity contribution in [3.05, 3.63) is 29.8 Å². The number of amides is 1. The quantitative estimate of drug-likeness (QED) is 0.715. The van der Waals surface area contributed by atoms with E-state index >= 15 is 0 Å². The predicted octanol–water partition coefficient (Wildman–Crippen LogP) is 2.40. The van der Waals surface area contributed by atoms with Gasteiger partial charge in [0.05, 0.1) is 6.61 Å². The number of hydrogen-bond donors (Lipinski definition) is 2. The molecule has 0 aliphatic rings. The minimum Gasteiger partial charge on any atom is -0.434 e. The summed E-state index contributed by atoms with van der Waals surface area (Å²) in [6.45, 7) is -3.61. The smallest absolute Gasteiger partial charge is 0.413 e. The Kier molecular flexibility index (Phi) is 8.94. The van der Waals surface area contributed by atoms with Crippen LogP contribution >= 0.6 is 12.4 Å². The second-order valence-corrected chi connectivity index (χ2v) is 4.46. The van der Waals surface area contributed by atoms with E-state index in [1.807, 2.05) is 0 Å². The van der Waals surface area contributed by atoms with Gasteiger partial charge in [0.25, 0.3) is 0 Å². The van der Waals surface area contributed by atoms with Crippen molar-refractivity contribution in [1.29, 1.82) is 0 Å². The van der Waals surface area contributed by atoms with Crippen LogP contribution in [0.4, 0.5) is 22.0 Å². The molecule has 24 heavy (non-hydrogen) atoms. The number of carbonyl (C=O) groups excluding carboxylic acids is 1. The highest BCUT2D eigenvalue weighted by Gasteiger charge is 2.44. The first-order chi connectivity index (χ1) is 10.7. The van der Waals surface area contributed by atoms with Crippen molar-refractivity contribution < 1.29 is 36.2 Å². The van der Waals surface area contributed by atoms with Gasteiger partial charge >= 0.3 is 12.8 Å². The molecule has 0 aliphatic carbocycles. The molecule has 138 valence electrons. The summed E-state index contributed by atoms with van der Waals surface area (Å²) >= 11 is 0. The van der Waals surface area contributed by atoms with E-state index in [0.717, 1.165) is 12.1 Å². The third kappa shape index (κ3) is 6.46. The predicted molar refractivity (Wildman–Crippen MR) is 77.1 cm³/mol. The highest BCUT2D eigenvalue weighted by atomic mass is 35.5. The molecule has 2 unspecified atom stereocenters. The zero-order valence-corrected chi connectivity index (χ0v) is 13.2. The van der Waals surface area contributed by atoms with Crippen LogP contribution in [0.2, 0.25) is 0 Å². The molecule has 0 heterocycles. The Morgan fingerprint density at radius 1 is 1.29 bits per heavy atom. The van der Waals surface area contributed by atoms with Crippen molar-refractivity contribution in [1.82, 2.24) is 5.32 Å². The highest BCUT2D eigenvalue weighted by molar-refractivity contribution is 5.85. The lowest BCUT2D eigenvalue weighted by Crippen LogP contribution is -2.48. The number of rotatable bonds is 7. The standard InChI is InChI=1S/C13H15F5N2O3.ClH/c1-22-6-8(19)11(21)20-10(13(16,17)18)7-4-2-3-5-9(7)23-12(14)15;/h2-5,8,10,12H,6,19H2,1H3,(H,20,21);1H. The number of benzene rings is 1. The van der Waals surface area contributed by atoms with Gasteiger partial charge in [-0.1, -0.05) is 18.2 Å². The van der Waals surface area contributed by atoms with Crippen molar-refractivity contribution in [3.63, 3.8) is 0 Å². The van der Waals surface area contributed by atoms with E-state index in [1.165, 1.54) is 19.2 Å². The Labute approximate surface area is 140 Å². The maximum absolute atomic E-state index is 13.2. The Balaban J connectivity index is 0.00000529. The number of nitrogens with two attached hydrogens (primary N) is 1. The molecule has 0 aliphatic heterocycles. The molecule has 1 rings (SSSR count). The largest absolute Gasteiger partial charge is 0.434 e. The van der Waals surface area contributed by atoms with Gasteiger partial charge in [0, 0.05) is 12.7 Å². The van der Waals surface area contributed by atoms with Gasteiger partial charge in [0.1, 0.15) is 11.8 Å². The molecular formula is C13H16ClF5N2O3. The van der Waals surface area contributed by atoms with E-state index in [4.69, 9.17) is 5.73 Å². The van der Waals surface area contributed by atoms with Gasteiger partial charge in [-0.15, -0.1) is 12.4 Å². The summed E-state index contributed by atoms with van der Waals surface area (Å²) in [6.07, 6.45) is -4.94. The van der Waals surface area contributed by atoms with Crippen molar-refractivity contribution in [2.24, 2.45) is 5.73 Å². The van der Waals surface area contributed by atoms with Gasteiger partial charge < -0.3 is 20.5 Å². The molecule has 11 heteroatoms. The zero-order chi connectivity index (χ0) is 17.6. The summed E-state index contributed by atoms with van der Waals surface area (Å²) in [5.74, 6) is -1.83. The summed E-state index contributed by atoms with van der Waals surface area (Å²) < 4.78 is 72.9. The van der Waals surface area contributed by atoms with Gasteiger partial charge in [-0.05, 0) is 6.07 Å². The Morgan fingerprint density at radius 2 is 1.88 bits per heavy atom. The average Bonchev–Trinajstić information content (AvgIpc) is 2.44. The normalized spacial score (nSPS) is 13.8. The molecule has 0 radical (unpaired) electrons. The summed E-state index contributed by atoms with van der Waals surface area (Å²) in [7, 11) is 1.22. The molecule has 0 saturated heterocycles. The fraction of sp³-hybridized carbons (Fsp3) is 0.462. The molecule has 1 aromatic carbocycles. The van der Waals surface area contributed by atoms with Crippen LogP contribution in [0.5, 0.6) is 5.75 Å². The lowest BCUT2D eigenvalue weighted by molar-refractivity contribution is -0.165. The minimum absolute atomic E-state index is 0. The number of nitrogens with one attached hydrogen (secondary N) is 1. The fourth-order valence-corrected chi connectivity index (χ4v) is 1.76. The van der Waals surface area contributed by atoms with Crippen molar-refractivity contribution in [2.75, 3.05) is 13.7 Å². The van der Waals surface area contributed by atoms with Crippen molar-refractivity contribution in [2.45, 2.75) is 24.9 Å². The Bertz CT molecular complexity index is 531. The molecule has 0 spiro atoms. The summed E-state index contributed by atoms with van der Waals surface area (Å²) in [6, 6.07) is 0.418. The molecule has 5 nitrogen and oxygen atoms in total. The van der Waals surface area contributed by atoms with E-state index in [9.17, 15) is 26.7 Å². The number of halogens is 6. The monoisotopic (exact) mass is 378 g/mol. The van der Waals surface area contributed by atoms with E-state index < -0.39 is 42.1 Å².